The van der Waals surface area contributed by atoms with Crippen LogP contribution in [0.2, 0.25) is 10.0 Å². The molecule has 1 unspecified atom stereocenters. The van der Waals surface area contributed by atoms with E-state index in [1.54, 1.807) is 6.20 Å². The smallest absolute Gasteiger partial charge is 0.126 e. The lowest BCUT2D eigenvalue weighted by Gasteiger charge is -2.35. The Bertz CT molecular complexity index is 931. The van der Waals surface area contributed by atoms with Crippen LogP contribution in [-0.4, -0.2) is 40.8 Å². The van der Waals surface area contributed by atoms with Gasteiger partial charge in [-0.25, -0.2) is 9.97 Å². The van der Waals surface area contributed by atoms with Gasteiger partial charge in [-0.05, 0) is 76.5 Å². The molecule has 8 heteroatoms. The molecule has 1 saturated carbocycles. The van der Waals surface area contributed by atoms with Gasteiger partial charge in [0.2, 0.25) is 0 Å². The van der Waals surface area contributed by atoms with E-state index < -0.39 is 0 Å². The molecule has 4 N–H and O–H groups in total. The number of rotatable bonds is 6. The summed E-state index contributed by atoms with van der Waals surface area (Å²) in [5.41, 5.74) is 7.39. The summed E-state index contributed by atoms with van der Waals surface area (Å²) in [4.78, 5) is 9.26. The first-order chi connectivity index (χ1) is 15.3. The number of nitrogens with zero attached hydrogens (tertiary/aromatic N) is 2. The molecule has 174 valence electrons. The summed E-state index contributed by atoms with van der Waals surface area (Å²) < 4.78 is 5.83. The first kappa shape index (κ1) is 23.6. The van der Waals surface area contributed by atoms with Crippen molar-refractivity contribution in [1.82, 2.24) is 9.97 Å². The van der Waals surface area contributed by atoms with Gasteiger partial charge in [0.1, 0.15) is 11.6 Å². The molecule has 0 spiro atoms. The third kappa shape index (κ3) is 6.04. The lowest BCUT2D eigenvalue weighted by atomic mass is 9.88. The summed E-state index contributed by atoms with van der Waals surface area (Å²) in [6.07, 6.45) is 7.89. The van der Waals surface area contributed by atoms with Crippen LogP contribution in [0.25, 0.3) is 11.3 Å². The minimum Gasteiger partial charge on any atom is -0.376 e. The largest absolute Gasteiger partial charge is 0.376 e. The normalized spacial score (nSPS) is 25.3. The molecule has 0 bridgehead atoms. The second-order valence-corrected chi connectivity index (χ2v) is 10.5. The molecule has 2 aliphatic rings. The van der Waals surface area contributed by atoms with Crippen molar-refractivity contribution in [2.24, 2.45) is 11.7 Å². The lowest BCUT2D eigenvalue weighted by Crippen LogP contribution is -2.36. The van der Waals surface area contributed by atoms with Crippen LogP contribution in [0.5, 0.6) is 0 Å². The van der Waals surface area contributed by atoms with Crippen LogP contribution in [0.3, 0.4) is 0 Å². The number of nitrogens with one attached hydrogen (secondary N) is 2. The number of hydrogen-bond acceptors (Lipinski definition) is 6. The van der Waals surface area contributed by atoms with Gasteiger partial charge in [-0.15, -0.1) is 0 Å². The molecule has 2 fully saturated rings. The van der Waals surface area contributed by atoms with E-state index in [0.29, 0.717) is 33.7 Å². The SMILES string of the molecule is CC1(C)CC(CNc2ccc(Cl)c(-c3cc(N[C@H]4CC[C@H](N)CC4)ncc3Cl)n2)CCO1. The van der Waals surface area contributed by atoms with Crippen LogP contribution >= 0.6 is 23.2 Å². The van der Waals surface area contributed by atoms with Gasteiger partial charge in [-0.3, -0.25) is 0 Å². The van der Waals surface area contributed by atoms with Gasteiger partial charge in [0, 0.05) is 37.0 Å². The van der Waals surface area contributed by atoms with E-state index in [-0.39, 0.29) is 5.60 Å². The van der Waals surface area contributed by atoms with Crippen molar-refractivity contribution in [3.63, 3.8) is 0 Å². The van der Waals surface area contributed by atoms with Crippen molar-refractivity contribution in [3.8, 4) is 11.3 Å². The van der Waals surface area contributed by atoms with Gasteiger partial charge in [0.25, 0.3) is 0 Å². The van der Waals surface area contributed by atoms with Gasteiger partial charge in [-0.1, -0.05) is 23.2 Å². The van der Waals surface area contributed by atoms with Gasteiger partial charge in [0.05, 0.1) is 21.3 Å². The van der Waals surface area contributed by atoms with Gasteiger partial charge in [-0.2, -0.15) is 0 Å². The van der Waals surface area contributed by atoms with E-state index in [0.717, 1.165) is 68.9 Å². The highest BCUT2D eigenvalue weighted by molar-refractivity contribution is 6.36. The zero-order valence-electron chi connectivity index (χ0n) is 18.8. The van der Waals surface area contributed by atoms with Crippen LogP contribution in [0, 0.1) is 5.92 Å². The molecule has 1 atom stereocenters. The summed E-state index contributed by atoms with van der Waals surface area (Å²) in [6, 6.07) is 6.40. The summed E-state index contributed by atoms with van der Waals surface area (Å²) in [6.45, 7) is 5.95. The molecule has 0 radical (unpaired) electrons. The molecule has 4 rings (SSSR count). The van der Waals surface area contributed by atoms with Gasteiger partial charge >= 0.3 is 0 Å². The zero-order chi connectivity index (χ0) is 22.7. The van der Waals surface area contributed by atoms with Gasteiger partial charge < -0.3 is 21.1 Å². The molecule has 1 aliphatic carbocycles. The molecule has 2 aromatic heterocycles. The molecule has 0 amide bonds. The fraction of sp³-hybridized carbons (Fsp3) is 0.583. The lowest BCUT2D eigenvalue weighted by molar-refractivity contribution is -0.0699. The van der Waals surface area contributed by atoms with Gasteiger partial charge in [0.15, 0.2) is 0 Å². The Morgan fingerprint density at radius 1 is 1.09 bits per heavy atom. The van der Waals surface area contributed by atoms with Crippen molar-refractivity contribution in [1.29, 1.82) is 0 Å². The van der Waals surface area contributed by atoms with Crippen LogP contribution < -0.4 is 16.4 Å². The summed E-state index contributed by atoms with van der Waals surface area (Å²) in [5, 5.41) is 8.09. The topological polar surface area (TPSA) is 85.1 Å². The van der Waals surface area contributed by atoms with Crippen molar-refractivity contribution >= 4 is 34.8 Å². The maximum Gasteiger partial charge on any atom is 0.126 e. The second kappa shape index (κ2) is 10.1. The Hall–Kier alpha value is -1.60. The number of anilines is 2. The summed E-state index contributed by atoms with van der Waals surface area (Å²) in [7, 11) is 0. The van der Waals surface area contributed by atoms with Crippen molar-refractivity contribution in [2.75, 3.05) is 23.8 Å². The molecule has 2 aromatic rings. The van der Waals surface area contributed by atoms with Crippen LogP contribution in [0.15, 0.2) is 24.4 Å². The summed E-state index contributed by atoms with van der Waals surface area (Å²) >= 11 is 13.0. The fourth-order valence-electron chi connectivity index (χ4n) is 4.68. The number of pyridine rings is 2. The Morgan fingerprint density at radius 2 is 1.88 bits per heavy atom. The first-order valence-corrected chi connectivity index (χ1v) is 12.3. The van der Waals surface area contributed by atoms with Crippen molar-refractivity contribution in [3.05, 3.63) is 34.4 Å². The maximum atomic E-state index is 6.53. The number of nitrogens with two attached hydrogens (primary N) is 1. The standard InChI is InChI=1S/C24H33Cl2N5O/c1-24(2)12-15(9-10-32-24)13-28-21-8-7-19(25)23(31-21)18-11-22(29-14-20(18)26)30-17-5-3-16(27)4-6-17/h7-8,11,14-17H,3-6,9-10,12-13,27H2,1-2H3,(H,28,31)(H,29,30)/t15?,16-,17-. The predicted octanol–water partition coefficient (Wildman–Crippen LogP) is 5.75. The van der Waals surface area contributed by atoms with Crippen molar-refractivity contribution < 1.29 is 4.74 Å². The highest BCUT2D eigenvalue weighted by Gasteiger charge is 2.28. The van der Waals surface area contributed by atoms with E-state index in [1.807, 2.05) is 18.2 Å². The molecule has 6 nitrogen and oxygen atoms in total. The zero-order valence-corrected chi connectivity index (χ0v) is 20.3. The minimum absolute atomic E-state index is 0.0689. The number of ether oxygens (including phenoxy) is 1. The van der Waals surface area contributed by atoms with Crippen molar-refractivity contribution in [2.45, 2.75) is 70.1 Å². The van der Waals surface area contributed by atoms with E-state index in [4.69, 9.17) is 38.7 Å². The third-order valence-electron chi connectivity index (χ3n) is 6.45. The fourth-order valence-corrected chi connectivity index (χ4v) is 5.08. The molecule has 3 heterocycles. The Morgan fingerprint density at radius 3 is 2.62 bits per heavy atom. The first-order valence-electron chi connectivity index (χ1n) is 11.5. The molecule has 1 aliphatic heterocycles. The third-order valence-corrected chi connectivity index (χ3v) is 7.06. The molecular weight excluding hydrogens is 445 g/mol. The average molecular weight is 478 g/mol. The monoisotopic (exact) mass is 477 g/mol. The second-order valence-electron chi connectivity index (χ2n) is 9.68. The van der Waals surface area contributed by atoms with E-state index in [2.05, 4.69) is 29.5 Å². The average Bonchev–Trinajstić information content (AvgIpc) is 2.75. The molecule has 0 aromatic carbocycles. The Labute approximate surface area is 200 Å². The Kier molecular flexibility index (Phi) is 7.45. The Balaban J connectivity index is 1.48. The number of aromatic nitrogens is 2. The highest BCUT2D eigenvalue weighted by Crippen LogP contribution is 2.35. The van der Waals surface area contributed by atoms with E-state index in [9.17, 15) is 0 Å². The minimum atomic E-state index is -0.0689. The van der Waals surface area contributed by atoms with Crippen LogP contribution in [-0.2, 0) is 4.74 Å². The molecule has 32 heavy (non-hydrogen) atoms. The molecule has 1 saturated heterocycles. The highest BCUT2D eigenvalue weighted by atomic mass is 35.5. The molecular formula is C24H33Cl2N5O. The van der Waals surface area contributed by atoms with Crippen LogP contribution in [0.1, 0.15) is 52.4 Å². The maximum absolute atomic E-state index is 6.53. The predicted molar refractivity (Wildman–Crippen MR) is 133 cm³/mol. The quantitative estimate of drug-likeness (QED) is 0.490. The van der Waals surface area contributed by atoms with E-state index in [1.165, 1.54) is 0 Å². The number of halogens is 2. The van der Waals surface area contributed by atoms with E-state index >= 15 is 0 Å². The van der Waals surface area contributed by atoms with Crippen LogP contribution in [0.4, 0.5) is 11.6 Å². The summed E-state index contributed by atoms with van der Waals surface area (Å²) in [5.74, 6) is 2.12. The number of hydrogen-bond donors (Lipinski definition) is 3.